The molecule has 6 nitrogen and oxygen atoms in total. The number of ether oxygens (including phenoxy) is 1. The number of aryl methyl sites for hydroxylation is 1. The molecule has 2 atom stereocenters. The molecule has 0 spiro atoms. The van der Waals surface area contributed by atoms with Crippen LogP contribution in [0.2, 0.25) is 0 Å². The average molecular weight is 315 g/mol. The Balaban J connectivity index is 1.84. The van der Waals surface area contributed by atoms with Crippen LogP contribution in [0.1, 0.15) is 36.0 Å². The molecule has 2 unspecified atom stereocenters. The Labute approximate surface area is 124 Å². The van der Waals surface area contributed by atoms with Crippen molar-refractivity contribution in [1.82, 2.24) is 20.2 Å². The minimum absolute atomic E-state index is 0.0233. The van der Waals surface area contributed by atoms with Crippen LogP contribution < -0.4 is 5.32 Å². The highest BCUT2D eigenvalue weighted by atomic mass is 19.4. The molecule has 9 heteroatoms. The van der Waals surface area contributed by atoms with Crippen LogP contribution >= 0.6 is 0 Å². The number of anilines is 1. The second kappa shape index (κ2) is 5.64. The third kappa shape index (κ3) is 2.94. The summed E-state index contributed by atoms with van der Waals surface area (Å²) in [5.74, 6) is 0.0176. The number of H-pyrrole nitrogens is 2. The molecule has 0 aliphatic carbocycles. The van der Waals surface area contributed by atoms with E-state index in [0.717, 1.165) is 12.1 Å². The Hall–Kier alpha value is -2.03. The van der Waals surface area contributed by atoms with Crippen LogP contribution in [-0.2, 0) is 10.9 Å². The van der Waals surface area contributed by atoms with E-state index in [-0.39, 0.29) is 11.6 Å². The summed E-state index contributed by atoms with van der Waals surface area (Å²) >= 11 is 0. The number of nitrogens with one attached hydrogen (secondary N) is 3. The highest BCUT2D eigenvalue weighted by molar-refractivity contribution is 5.39. The summed E-state index contributed by atoms with van der Waals surface area (Å²) in [5, 5.41) is 9.61. The van der Waals surface area contributed by atoms with Crippen molar-refractivity contribution in [1.29, 1.82) is 0 Å². The van der Waals surface area contributed by atoms with E-state index in [4.69, 9.17) is 4.74 Å². The van der Waals surface area contributed by atoms with Crippen molar-refractivity contribution < 1.29 is 17.9 Å². The first-order chi connectivity index (χ1) is 10.4. The minimum Gasteiger partial charge on any atom is -0.358 e. The zero-order valence-corrected chi connectivity index (χ0v) is 11.9. The van der Waals surface area contributed by atoms with Crippen LogP contribution in [0.3, 0.4) is 0 Å². The maximum absolute atomic E-state index is 12.9. The van der Waals surface area contributed by atoms with Gasteiger partial charge in [0.05, 0.1) is 17.8 Å². The Morgan fingerprint density at radius 1 is 1.41 bits per heavy atom. The fourth-order valence-corrected chi connectivity index (χ4v) is 2.63. The summed E-state index contributed by atoms with van der Waals surface area (Å²) in [6, 6.07) is 0. The summed E-state index contributed by atoms with van der Waals surface area (Å²) in [5.41, 5.74) is -0.124. The van der Waals surface area contributed by atoms with Gasteiger partial charge >= 0.3 is 6.18 Å². The zero-order chi connectivity index (χ0) is 15.7. The predicted octanol–water partition coefficient (Wildman–Crippen LogP) is 2.79. The zero-order valence-electron chi connectivity index (χ0n) is 11.9. The molecule has 1 saturated heterocycles. The first-order valence-electron chi connectivity index (χ1n) is 6.96. The summed E-state index contributed by atoms with van der Waals surface area (Å²) in [7, 11) is 0. The van der Waals surface area contributed by atoms with Gasteiger partial charge in [0.15, 0.2) is 5.69 Å². The van der Waals surface area contributed by atoms with Gasteiger partial charge < -0.3 is 15.0 Å². The van der Waals surface area contributed by atoms with E-state index < -0.39 is 18.1 Å². The number of nitrogens with zero attached hydrogens (tertiary/aromatic N) is 2. The lowest BCUT2D eigenvalue weighted by molar-refractivity contribution is -0.141. The van der Waals surface area contributed by atoms with Crippen molar-refractivity contribution in [3.8, 4) is 0 Å². The van der Waals surface area contributed by atoms with Gasteiger partial charge in [0, 0.05) is 18.5 Å². The lowest BCUT2D eigenvalue weighted by Crippen LogP contribution is -2.35. The number of aromatic amines is 2. The number of aromatic nitrogens is 4. The molecule has 3 rings (SSSR count). The van der Waals surface area contributed by atoms with E-state index in [1.807, 2.05) is 0 Å². The monoisotopic (exact) mass is 315 g/mol. The molecule has 2 aromatic rings. The lowest BCUT2D eigenvalue weighted by Gasteiger charge is -2.31. The maximum atomic E-state index is 12.9. The maximum Gasteiger partial charge on any atom is 0.435 e. The predicted molar refractivity (Wildman–Crippen MR) is 72.3 cm³/mol. The number of halogens is 3. The molecule has 0 bridgehead atoms. The molecule has 0 saturated carbocycles. The SMILES string of the molecule is Cc1[nH]c(C2CCCOC2Nc2cn[nH]c2)nc1C(F)(F)F. The number of hydrogen-bond donors (Lipinski definition) is 3. The highest BCUT2D eigenvalue weighted by Gasteiger charge is 2.38. The number of hydrogen-bond acceptors (Lipinski definition) is 4. The van der Waals surface area contributed by atoms with E-state index >= 15 is 0 Å². The van der Waals surface area contributed by atoms with Gasteiger partial charge in [-0.05, 0) is 19.8 Å². The molecule has 1 aliphatic rings. The Morgan fingerprint density at radius 2 is 2.23 bits per heavy atom. The molecule has 0 amide bonds. The fourth-order valence-electron chi connectivity index (χ4n) is 2.63. The molecule has 120 valence electrons. The van der Waals surface area contributed by atoms with E-state index in [9.17, 15) is 13.2 Å². The molecule has 3 N–H and O–H groups in total. The quantitative estimate of drug-likeness (QED) is 0.814. The molecule has 0 aromatic carbocycles. The minimum atomic E-state index is -4.46. The molecule has 1 fully saturated rings. The van der Waals surface area contributed by atoms with Gasteiger partial charge in [0.25, 0.3) is 0 Å². The largest absolute Gasteiger partial charge is 0.435 e. The van der Waals surface area contributed by atoms with Crippen molar-refractivity contribution in [2.24, 2.45) is 0 Å². The lowest BCUT2D eigenvalue weighted by atomic mass is 9.98. The number of rotatable bonds is 3. The molecule has 2 aromatic heterocycles. The van der Waals surface area contributed by atoms with Gasteiger partial charge in [-0.1, -0.05) is 0 Å². The molecule has 0 radical (unpaired) electrons. The third-order valence-electron chi connectivity index (χ3n) is 3.65. The molecule has 3 heterocycles. The van der Waals surface area contributed by atoms with E-state index in [1.54, 1.807) is 12.4 Å². The fraction of sp³-hybridized carbons (Fsp3) is 0.538. The van der Waals surface area contributed by atoms with Gasteiger partial charge in [0.2, 0.25) is 0 Å². The number of imidazole rings is 1. The second-order valence-corrected chi connectivity index (χ2v) is 5.26. The Bertz CT molecular complexity index is 622. The van der Waals surface area contributed by atoms with E-state index in [2.05, 4.69) is 25.5 Å². The van der Waals surface area contributed by atoms with Crippen LogP contribution in [0.25, 0.3) is 0 Å². The smallest absolute Gasteiger partial charge is 0.358 e. The Morgan fingerprint density at radius 3 is 2.86 bits per heavy atom. The van der Waals surface area contributed by atoms with Gasteiger partial charge in [-0.15, -0.1) is 0 Å². The first-order valence-corrected chi connectivity index (χ1v) is 6.96. The summed E-state index contributed by atoms with van der Waals surface area (Å²) in [6.07, 6.45) is -0.192. The van der Waals surface area contributed by atoms with Crippen LogP contribution in [0, 0.1) is 6.92 Å². The summed E-state index contributed by atoms with van der Waals surface area (Å²) in [4.78, 5) is 6.52. The van der Waals surface area contributed by atoms with E-state index in [0.29, 0.717) is 18.9 Å². The van der Waals surface area contributed by atoms with Crippen LogP contribution in [0.15, 0.2) is 12.4 Å². The molecular weight excluding hydrogens is 299 g/mol. The first kappa shape index (κ1) is 14.9. The normalized spacial score (nSPS) is 22.7. The van der Waals surface area contributed by atoms with Crippen LogP contribution in [0.4, 0.5) is 18.9 Å². The van der Waals surface area contributed by atoms with Crippen LogP contribution in [-0.4, -0.2) is 33.0 Å². The summed E-state index contributed by atoms with van der Waals surface area (Å²) < 4.78 is 44.3. The average Bonchev–Trinajstić information content (AvgIpc) is 3.08. The topological polar surface area (TPSA) is 78.6 Å². The van der Waals surface area contributed by atoms with Crippen molar-refractivity contribution in [2.75, 3.05) is 11.9 Å². The van der Waals surface area contributed by atoms with Crippen molar-refractivity contribution in [3.05, 3.63) is 29.6 Å². The van der Waals surface area contributed by atoms with E-state index in [1.165, 1.54) is 6.92 Å². The molecular formula is C13H16F3N5O. The van der Waals surface area contributed by atoms with Gasteiger partial charge in [-0.3, -0.25) is 5.10 Å². The molecule has 22 heavy (non-hydrogen) atoms. The summed E-state index contributed by atoms with van der Waals surface area (Å²) in [6.45, 7) is 1.93. The second-order valence-electron chi connectivity index (χ2n) is 5.26. The standard InChI is InChI=1S/C13H16F3N5O/c1-7-10(13(14,15)16)21-11(19-7)9-3-2-4-22-12(9)20-8-5-17-18-6-8/h5-6,9,12,20H,2-4H2,1H3,(H,17,18)(H,19,21). The third-order valence-corrected chi connectivity index (χ3v) is 3.65. The van der Waals surface area contributed by atoms with Gasteiger partial charge in [-0.25, -0.2) is 4.98 Å². The highest BCUT2D eigenvalue weighted by Crippen LogP contribution is 2.35. The van der Waals surface area contributed by atoms with Crippen LogP contribution in [0.5, 0.6) is 0 Å². The number of alkyl halides is 3. The van der Waals surface area contributed by atoms with Crippen molar-refractivity contribution in [3.63, 3.8) is 0 Å². The van der Waals surface area contributed by atoms with Crippen molar-refractivity contribution >= 4 is 5.69 Å². The van der Waals surface area contributed by atoms with Gasteiger partial charge in [-0.2, -0.15) is 18.3 Å². The van der Waals surface area contributed by atoms with Gasteiger partial charge in [0.1, 0.15) is 12.1 Å². The van der Waals surface area contributed by atoms with Crippen molar-refractivity contribution in [2.45, 2.75) is 38.1 Å². The molecule has 1 aliphatic heterocycles. The Kier molecular flexibility index (Phi) is 3.81.